The predicted octanol–water partition coefficient (Wildman–Crippen LogP) is 5.24. The van der Waals surface area contributed by atoms with Gasteiger partial charge in [-0.2, -0.15) is 0 Å². The van der Waals surface area contributed by atoms with Gasteiger partial charge in [-0.05, 0) is 36.3 Å². The van der Waals surface area contributed by atoms with Crippen LogP contribution in [0.5, 0.6) is 5.75 Å². The molecule has 3 rings (SSSR count). The topological polar surface area (TPSA) is 57.6 Å². The highest BCUT2D eigenvalue weighted by atomic mass is 32.2. The van der Waals surface area contributed by atoms with E-state index in [2.05, 4.69) is 11.8 Å². The number of thioether (sulfide) groups is 1. The zero-order chi connectivity index (χ0) is 19.4. The first-order chi connectivity index (χ1) is 13.0. The lowest BCUT2D eigenvalue weighted by Crippen LogP contribution is -2.26. The first kappa shape index (κ1) is 20.1. The second-order valence-corrected chi connectivity index (χ2v) is 10.3. The van der Waals surface area contributed by atoms with E-state index < -0.39 is 9.84 Å². The third kappa shape index (κ3) is 4.43. The monoisotopic (exact) mass is 405 g/mol. The minimum atomic E-state index is -3.46. The Bertz CT molecular complexity index is 882. The van der Waals surface area contributed by atoms with Crippen LogP contribution in [0.2, 0.25) is 0 Å². The highest BCUT2D eigenvalue weighted by Gasteiger charge is 2.33. The molecule has 4 nitrogen and oxygen atoms in total. The van der Waals surface area contributed by atoms with Crippen LogP contribution in [0.15, 0.2) is 52.3 Å². The van der Waals surface area contributed by atoms with E-state index in [0.29, 0.717) is 12.2 Å². The fourth-order valence-electron chi connectivity index (χ4n) is 3.60. The van der Waals surface area contributed by atoms with Crippen molar-refractivity contribution in [2.45, 2.75) is 42.9 Å². The molecular formula is C21H27NO3S2. The average molecular weight is 406 g/mol. The van der Waals surface area contributed by atoms with Crippen molar-refractivity contribution in [3.05, 3.63) is 42.5 Å². The van der Waals surface area contributed by atoms with E-state index >= 15 is 0 Å². The highest BCUT2D eigenvalue weighted by molar-refractivity contribution is 7.99. The highest BCUT2D eigenvalue weighted by Crippen LogP contribution is 2.43. The van der Waals surface area contributed by atoms with Gasteiger partial charge >= 0.3 is 0 Å². The van der Waals surface area contributed by atoms with Gasteiger partial charge in [0.1, 0.15) is 5.75 Å². The van der Waals surface area contributed by atoms with Crippen LogP contribution in [0.1, 0.15) is 33.1 Å². The molecule has 0 bridgehead atoms. The number of anilines is 2. The molecule has 146 valence electrons. The van der Waals surface area contributed by atoms with Gasteiger partial charge in [-0.15, -0.1) is 11.8 Å². The molecule has 0 saturated heterocycles. The number of rotatable bonds is 6. The maximum Gasteiger partial charge on any atom is 0.180 e. The summed E-state index contributed by atoms with van der Waals surface area (Å²) in [5.41, 5.74) is 1.66. The van der Waals surface area contributed by atoms with Gasteiger partial charge in [0.05, 0.1) is 21.2 Å². The fraction of sp³-hybridized carbons (Fsp3) is 0.429. The van der Waals surface area contributed by atoms with E-state index in [1.807, 2.05) is 43.3 Å². The Kier molecular flexibility index (Phi) is 6.37. The number of sulfone groups is 1. The number of aromatic hydroxyl groups is 1. The molecule has 1 heterocycles. The number of phenolic OH excluding ortho intramolecular Hbond substituents is 1. The Labute approximate surface area is 166 Å². The molecule has 0 spiro atoms. The summed E-state index contributed by atoms with van der Waals surface area (Å²) in [4.78, 5) is 3.07. The van der Waals surface area contributed by atoms with Crippen molar-refractivity contribution in [2.75, 3.05) is 23.0 Å². The largest absolute Gasteiger partial charge is 0.507 e. The standard InChI is InChI=1S/C21H27NO3S2/c1-3-5-9-16-14-22(17-10-7-6-8-11-17)18-12-20(26-4-2)19(23)13-21(18)27(24,25)15-16/h6-8,10-13,16,23H,3-5,9,14-15H2,1-2H3. The van der Waals surface area contributed by atoms with Crippen molar-refractivity contribution >= 4 is 33.0 Å². The third-order valence-electron chi connectivity index (χ3n) is 4.90. The van der Waals surface area contributed by atoms with E-state index in [0.717, 1.165) is 35.6 Å². The molecule has 2 aromatic carbocycles. The lowest BCUT2D eigenvalue weighted by Gasteiger charge is -2.28. The maximum absolute atomic E-state index is 13.1. The second kappa shape index (κ2) is 8.57. The number of hydrogen-bond acceptors (Lipinski definition) is 5. The second-order valence-electron chi connectivity index (χ2n) is 6.96. The molecule has 0 fully saturated rings. The molecule has 6 heteroatoms. The molecule has 0 amide bonds. The zero-order valence-electron chi connectivity index (χ0n) is 15.9. The van der Waals surface area contributed by atoms with E-state index in [1.54, 1.807) is 0 Å². The zero-order valence-corrected chi connectivity index (χ0v) is 17.5. The number of fused-ring (bicyclic) bond motifs is 1. The lowest BCUT2D eigenvalue weighted by molar-refractivity contribution is 0.460. The minimum absolute atomic E-state index is 0.0456. The van der Waals surface area contributed by atoms with Crippen LogP contribution in [0.25, 0.3) is 0 Å². The van der Waals surface area contributed by atoms with Gasteiger partial charge < -0.3 is 10.0 Å². The first-order valence-electron chi connectivity index (χ1n) is 9.51. The van der Waals surface area contributed by atoms with Crippen LogP contribution >= 0.6 is 11.8 Å². The molecule has 0 aromatic heterocycles. The van der Waals surface area contributed by atoms with Crippen molar-refractivity contribution in [3.63, 3.8) is 0 Å². The van der Waals surface area contributed by atoms with Gasteiger partial charge in [0.25, 0.3) is 0 Å². The van der Waals surface area contributed by atoms with Crippen molar-refractivity contribution in [3.8, 4) is 5.75 Å². The van der Waals surface area contributed by atoms with Gasteiger partial charge in [0, 0.05) is 18.3 Å². The summed E-state index contributed by atoms with van der Waals surface area (Å²) in [6.07, 6.45) is 2.95. The molecule has 1 atom stereocenters. The van der Waals surface area contributed by atoms with Crippen LogP contribution in [-0.4, -0.2) is 31.6 Å². The van der Waals surface area contributed by atoms with Crippen molar-refractivity contribution in [1.82, 2.24) is 0 Å². The number of nitrogens with zero attached hydrogens (tertiary/aromatic N) is 1. The summed E-state index contributed by atoms with van der Waals surface area (Å²) >= 11 is 1.52. The Hall–Kier alpha value is -1.66. The Morgan fingerprint density at radius 1 is 1.19 bits per heavy atom. The molecule has 0 radical (unpaired) electrons. The van der Waals surface area contributed by atoms with Gasteiger partial charge in [0.2, 0.25) is 0 Å². The Morgan fingerprint density at radius 2 is 1.93 bits per heavy atom. The quantitative estimate of drug-likeness (QED) is 0.666. The fourth-order valence-corrected chi connectivity index (χ4v) is 6.16. The van der Waals surface area contributed by atoms with Crippen LogP contribution in [0.3, 0.4) is 0 Å². The lowest BCUT2D eigenvalue weighted by atomic mass is 10.0. The number of phenols is 1. The molecule has 27 heavy (non-hydrogen) atoms. The molecule has 1 aliphatic heterocycles. The molecular weight excluding hydrogens is 378 g/mol. The van der Waals surface area contributed by atoms with Crippen LogP contribution < -0.4 is 4.90 Å². The van der Waals surface area contributed by atoms with Crippen LogP contribution in [0.4, 0.5) is 11.4 Å². The summed E-state index contributed by atoms with van der Waals surface area (Å²) in [7, 11) is -3.46. The number of benzene rings is 2. The summed E-state index contributed by atoms with van der Waals surface area (Å²) < 4.78 is 26.2. The summed E-state index contributed by atoms with van der Waals surface area (Å²) in [5, 5.41) is 10.4. The summed E-state index contributed by atoms with van der Waals surface area (Å²) in [6.45, 7) is 4.81. The summed E-state index contributed by atoms with van der Waals surface area (Å²) in [6, 6.07) is 13.2. The smallest absolute Gasteiger partial charge is 0.180 e. The molecule has 0 saturated carbocycles. The van der Waals surface area contributed by atoms with Gasteiger partial charge in [-0.3, -0.25) is 0 Å². The normalized spacial score (nSPS) is 18.7. The van der Waals surface area contributed by atoms with Gasteiger partial charge in [-0.25, -0.2) is 8.42 Å². The SMILES string of the molecule is CCCCC1CN(c2ccccc2)c2cc(SCC)c(O)cc2S(=O)(=O)C1. The number of para-hydroxylation sites is 1. The van der Waals surface area contributed by atoms with Crippen molar-refractivity contribution in [1.29, 1.82) is 0 Å². The summed E-state index contributed by atoms with van der Waals surface area (Å²) in [5.74, 6) is 1.04. The van der Waals surface area contributed by atoms with Gasteiger partial charge in [-0.1, -0.05) is 44.9 Å². The van der Waals surface area contributed by atoms with Crippen LogP contribution in [-0.2, 0) is 9.84 Å². The molecule has 1 unspecified atom stereocenters. The maximum atomic E-state index is 13.1. The van der Waals surface area contributed by atoms with E-state index in [4.69, 9.17) is 0 Å². The van der Waals surface area contributed by atoms with Crippen LogP contribution in [0, 0.1) is 5.92 Å². The molecule has 1 aliphatic rings. The Balaban J connectivity index is 2.16. The van der Waals surface area contributed by atoms with E-state index in [-0.39, 0.29) is 22.3 Å². The van der Waals surface area contributed by atoms with E-state index in [9.17, 15) is 13.5 Å². The molecule has 1 N–H and O–H groups in total. The average Bonchev–Trinajstić information content (AvgIpc) is 2.76. The number of hydrogen-bond donors (Lipinski definition) is 1. The molecule has 2 aromatic rings. The third-order valence-corrected chi connectivity index (χ3v) is 7.73. The Morgan fingerprint density at radius 3 is 2.59 bits per heavy atom. The minimum Gasteiger partial charge on any atom is -0.507 e. The van der Waals surface area contributed by atoms with Crippen molar-refractivity contribution < 1.29 is 13.5 Å². The predicted molar refractivity (Wildman–Crippen MR) is 113 cm³/mol. The van der Waals surface area contributed by atoms with E-state index in [1.165, 1.54) is 17.8 Å². The van der Waals surface area contributed by atoms with Crippen molar-refractivity contribution in [2.24, 2.45) is 5.92 Å². The first-order valence-corrected chi connectivity index (χ1v) is 12.1. The number of unbranched alkanes of at least 4 members (excludes halogenated alkanes) is 1. The molecule has 0 aliphatic carbocycles. The van der Waals surface area contributed by atoms with Gasteiger partial charge in [0.15, 0.2) is 9.84 Å².